The highest BCUT2D eigenvalue weighted by Gasteiger charge is 1.94. The third-order valence-corrected chi connectivity index (χ3v) is 1.32. The van der Waals surface area contributed by atoms with Gasteiger partial charge in [0.15, 0.2) is 6.20 Å². The molecule has 4 nitrogen and oxygen atoms in total. The van der Waals surface area contributed by atoms with Crippen molar-refractivity contribution in [2.24, 2.45) is 0 Å². The molecule has 0 N–H and O–H groups in total. The van der Waals surface area contributed by atoms with Gasteiger partial charge in [-0.2, -0.15) is 9.83 Å². The summed E-state index contributed by atoms with van der Waals surface area (Å²) < 4.78 is 2.38. The Morgan fingerprint density at radius 3 is 3.40 bits per heavy atom. The fourth-order valence-electron chi connectivity index (χ4n) is 0.854. The molecule has 0 atom stereocenters. The third-order valence-electron chi connectivity index (χ3n) is 1.32. The Morgan fingerprint density at radius 1 is 1.60 bits per heavy atom. The van der Waals surface area contributed by atoms with Gasteiger partial charge in [-0.05, 0) is 6.07 Å². The Hall–Kier alpha value is -1.58. The van der Waals surface area contributed by atoms with Crippen LogP contribution in [0.2, 0.25) is 0 Å². The molecule has 0 radical (unpaired) electrons. The molecule has 2 heterocycles. The van der Waals surface area contributed by atoms with Gasteiger partial charge in [-0.1, -0.05) is 0 Å². The average Bonchev–Trinajstić information content (AvgIpc) is 2.33. The van der Waals surface area contributed by atoms with E-state index >= 15 is 0 Å². The minimum atomic E-state index is 0.747. The zero-order chi connectivity index (χ0) is 6.97. The highest BCUT2D eigenvalue weighted by Crippen LogP contribution is 1.94. The standard InChI is InChI=1S/C6H5N3O/c10-8-3-4-9-6(5-8)1-2-7-9/h1-5H. The van der Waals surface area contributed by atoms with Crippen molar-refractivity contribution in [2.45, 2.75) is 0 Å². The first-order chi connectivity index (χ1) is 4.86. The number of hydrogen-bond donors (Lipinski definition) is 0. The van der Waals surface area contributed by atoms with E-state index in [4.69, 9.17) is 0 Å². The van der Waals surface area contributed by atoms with E-state index < -0.39 is 0 Å². The van der Waals surface area contributed by atoms with Crippen molar-refractivity contribution < 1.29 is 4.73 Å². The number of aromatic nitrogens is 3. The monoisotopic (exact) mass is 135 g/mol. The fourth-order valence-corrected chi connectivity index (χ4v) is 0.854. The van der Waals surface area contributed by atoms with Crippen LogP contribution in [0.5, 0.6) is 0 Å². The van der Waals surface area contributed by atoms with Crippen molar-refractivity contribution in [3.63, 3.8) is 0 Å². The topological polar surface area (TPSA) is 44.2 Å². The molecule has 0 amide bonds. The molecule has 0 aliphatic rings. The summed E-state index contributed by atoms with van der Waals surface area (Å²) in [5.74, 6) is 0. The normalized spacial score (nSPS) is 10.4. The van der Waals surface area contributed by atoms with Crippen molar-refractivity contribution in [1.82, 2.24) is 9.61 Å². The predicted molar refractivity (Wildman–Crippen MR) is 34.2 cm³/mol. The predicted octanol–water partition coefficient (Wildman–Crippen LogP) is -0.0323. The van der Waals surface area contributed by atoms with E-state index in [1.807, 2.05) is 0 Å². The molecule has 0 fully saturated rings. The van der Waals surface area contributed by atoms with E-state index in [0.717, 1.165) is 10.2 Å². The molecule has 0 saturated carbocycles. The van der Waals surface area contributed by atoms with Gasteiger partial charge in [-0.3, -0.25) is 0 Å². The van der Waals surface area contributed by atoms with Gasteiger partial charge in [0.2, 0.25) is 6.20 Å². The Kier molecular flexibility index (Phi) is 0.887. The second-order valence-corrected chi connectivity index (χ2v) is 1.99. The largest absolute Gasteiger partial charge is 0.619 e. The molecule has 0 unspecified atom stereocenters. The summed E-state index contributed by atoms with van der Waals surface area (Å²) in [4.78, 5) is 0. The van der Waals surface area contributed by atoms with Crippen LogP contribution in [0.1, 0.15) is 0 Å². The first kappa shape index (κ1) is 5.22. The van der Waals surface area contributed by atoms with Crippen LogP contribution < -0.4 is 4.73 Å². The van der Waals surface area contributed by atoms with E-state index in [9.17, 15) is 5.21 Å². The zero-order valence-electron chi connectivity index (χ0n) is 5.14. The third kappa shape index (κ3) is 0.621. The van der Waals surface area contributed by atoms with Crippen molar-refractivity contribution in [3.05, 3.63) is 36.1 Å². The van der Waals surface area contributed by atoms with Gasteiger partial charge in [-0.15, -0.1) is 0 Å². The molecular formula is C6H5N3O. The highest BCUT2D eigenvalue weighted by atomic mass is 16.5. The summed E-state index contributed by atoms with van der Waals surface area (Å²) in [6, 6.07) is 1.77. The molecule has 2 aromatic rings. The van der Waals surface area contributed by atoms with Gasteiger partial charge in [0, 0.05) is 0 Å². The molecule has 2 aromatic heterocycles. The van der Waals surface area contributed by atoms with Gasteiger partial charge >= 0.3 is 0 Å². The molecule has 50 valence electrons. The average molecular weight is 135 g/mol. The Bertz CT molecular complexity index is 355. The summed E-state index contributed by atoms with van der Waals surface area (Å²) >= 11 is 0. The molecule has 0 saturated heterocycles. The van der Waals surface area contributed by atoms with Crippen LogP contribution in [0.25, 0.3) is 5.52 Å². The summed E-state index contributed by atoms with van der Waals surface area (Å²) in [7, 11) is 0. The molecule has 4 heteroatoms. The van der Waals surface area contributed by atoms with Crippen molar-refractivity contribution in [1.29, 1.82) is 0 Å². The van der Waals surface area contributed by atoms with Crippen LogP contribution in [0.3, 0.4) is 0 Å². The number of rotatable bonds is 0. The van der Waals surface area contributed by atoms with Crippen LogP contribution in [-0.2, 0) is 0 Å². The van der Waals surface area contributed by atoms with Crippen LogP contribution in [0.4, 0.5) is 0 Å². The first-order valence-corrected chi connectivity index (χ1v) is 2.88. The molecule has 0 aromatic carbocycles. The minimum Gasteiger partial charge on any atom is -0.619 e. The smallest absolute Gasteiger partial charge is 0.206 e. The molecule has 0 spiro atoms. The maximum absolute atomic E-state index is 10.7. The Labute approximate surface area is 56.9 Å². The zero-order valence-corrected chi connectivity index (χ0v) is 5.14. The van der Waals surface area contributed by atoms with Crippen LogP contribution in [0, 0.1) is 5.21 Å². The van der Waals surface area contributed by atoms with Gasteiger partial charge in [-0.25, -0.2) is 4.52 Å². The fraction of sp³-hybridized carbons (Fsp3) is 0. The van der Waals surface area contributed by atoms with E-state index in [2.05, 4.69) is 5.10 Å². The van der Waals surface area contributed by atoms with Gasteiger partial charge in [0.1, 0.15) is 5.52 Å². The lowest BCUT2D eigenvalue weighted by atomic mass is 10.5. The quantitative estimate of drug-likeness (QED) is 0.376. The first-order valence-electron chi connectivity index (χ1n) is 2.88. The number of nitrogens with zero attached hydrogens (tertiary/aromatic N) is 3. The lowest BCUT2D eigenvalue weighted by molar-refractivity contribution is -0.604. The Morgan fingerprint density at radius 2 is 2.50 bits per heavy atom. The molecule has 0 aliphatic carbocycles. The second-order valence-electron chi connectivity index (χ2n) is 1.99. The van der Waals surface area contributed by atoms with E-state index in [1.54, 1.807) is 23.0 Å². The molecule has 10 heavy (non-hydrogen) atoms. The highest BCUT2D eigenvalue weighted by molar-refractivity contribution is 5.40. The van der Waals surface area contributed by atoms with E-state index in [1.165, 1.54) is 12.4 Å². The van der Waals surface area contributed by atoms with Crippen molar-refractivity contribution in [3.8, 4) is 0 Å². The van der Waals surface area contributed by atoms with Gasteiger partial charge in [0.05, 0.1) is 12.4 Å². The minimum absolute atomic E-state index is 0.747. The SMILES string of the molecule is [O-][n+]1ccn2nccc2c1. The van der Waals surface area contributed by atoms with E-state index in [-0.39, 0.29) is 0 Å². The van der Waals surface area contributed by atoms with E-state index in [0.29, 0.717) is 0 Å². The van der Waals surface area contributed by atoms with Crippen molar-refractivity contribution in [2.75, 3.05) is 0 Å². The maximum atomic E-state index is 10.7. The Balaban J connectivity index is 2.86. The molecule has 0 aliphatic heterocycles. The molecule has 2 rings (SSSR count). The van der Waals surface area contributed by atoms with Crippen LogP contribution in [0.15, 0.2) is 30.9 Å². The maximum Gasteiger partial charge on any atom is 0.206 e. The summed E-state index contributed by atoms with van der Waals surface area (Å²) in [6.07, 6.45) is 6.13. The lowest BCUT2D eigenvalue weighted by Gasteiger charge is -1.93. The van der Waals surface area contributed by atoms with Gasteiger partial charge in [0.25, 0.3) is 0 Å². The van der Waals surface area contributed by atoms with Crippen LogP contribution >= 0.6 is 0 Å². The summed E-state index contributed by atoms with van der Waals surface area (Å²) in [5.41, 5.74) is 0.803. The van der Waals surface area contributed by atoms with Gasteiger partial charge < -0.3 is 5.21 Å². The summed E-state index contributed by atoms with van der Waals surface area (Å²) in [5, 5.41) is 14.6. The molecule has 0 bridgehead atoms. The van der Waals surface area contributed by atoms with Crippen LogP contribution in [-0.4, -0.2) is 9.61 Å². The molecular weight excluding hydrogens is 130 g/mol. The number of hydrogen-bond acceptors (Lipinski definition) is 2. The number of fused-ring (bicyclic) bond motifs is 1. The van der Waals surface area contributed by atoms with Crippen molar-refractivity contribution >= 4 is 5.52 Å². The second kappa shape index (κ2) is 1.70. The summed E-state index contributed by atoms with van der Waals surface area (Å²) in [6.45, 7) is 0. The lowest BCUT2D eigenvalue weighted by Crippen LogP contribution is -2.24.